The SMILES string of the molecule is CCN(CC)S(=O)(=O)c1ccc(Cl)c(C(=O)NCCCn2nc(C)cc2C)c1. The Morgan fingerprint density at radius 3 is 2.46 bits per heavy atom. The molecule has 0 saturated heterocycles. The highest BCUT2D eigenvalue weighted by atomic mass is 35.5. The van der Waals surface area contributed by atoms with E-state index in [0.29, 0.717) is 32.6 Å². The molecule has 154 valence electrons. The van der Waals surface area contributed by atoms with Crippen molar-refractivity contribution in [3.05, 3.63) is 46.2 Å². The quantitative estimate of drug-likeness (QED) is 0.624. The van der Waals surface area contributed by atoms with Crippen LogP contribution in [0.2, 0.25) is 5.02 Å². The molecule has 1 N–H and O–H groups in total. The van der Waals surface area contributed by atoms with Crippen molar-refractivity contribution < 1.29 is 13.2 Å². The van der Waals surface area contributed by atoms with Crippen LogP contribution in [0.25, 0.3) is 0 Å². The van der Waals surface area contributed by atoms with Crippen LogP contribution in [0, 0.1) is 13.8 Å². The minimum atomic E-state index is -3.65. The van der Waals surface area contributed by atoms with Crippen LogP contribution in [-0.4, -0.2) is 48.0 Å². The number of hydrogen-bond acceptors (Lipinski definition) is 4. The summed E-state index contributed by atoms with van der Waals surface area (Å²) in [5.41, 5.74) is 2.18. The van der Waals surface area contributed by atoms with Crippen molar-refractivity contribution in [3.63, 3.8) is 0 Å². The van der Waals surface area contributed by atoms with Gasteiger partial charge in [0, 0.05) is 31.9 Å². The van der Waals surface area contributed by atoms with E-state index in [-0.39, 0.29) is 15.5 Å². The Kier molecular flexibility index (Phi) is 7.63. The maximum absolute atomic E-state index is 12.7. The fourth-order valence-corrected chi connectivity index (χ4v) is 4.67. The summed E-state index contributed by atoms with van der Waals surface area (Å²) in [7, 11) is -3.65. The van der Waals surface area contributed by atoms with Crippen LogP contribution < -0.4 is 5.32 Å². The molecule has 1 heterocycles. The molecule has 0 unspecified atom stereocenters. The summed E-state index contributed by atoms with van der Waals surface area (Å²) in [4.78, 5) is 12.6. The lowest BCUT2D eigenvalue weighted by Crippen LogP contribution is -2.31. The minimum Gasteiger partial charge on any atom is -0.352 e. The molecule has 0 spiro atoms. The fourth-order valence-electron chi connectivity index (χ4n) is 2.98. The van der Waals surface area contributed by atoms with E-state index in [1.54, 1.807) is 13.8 Å². The second-order valence-corrected chi connectivity index (χ2v) is 8.84. The molecule has 0 fully saturated rings. The number of aryl methyl sites for hydroxylation is 3. The number of carbonyl (C=O) groups excluding carboxylic acids is 1. The van der Waals surface area contributed by atoms with Gasteiger partial charge in [-0.1, -0.05) is 25.4 Å². The first-order chi connectivity index (χ1) is 13.2. The average molecular weight is 427 g/mol. The number of sulfonamides is 1. The van der Waals surface area contributed by atoms with Gasteiger partial charge < -0.3 is 5.32 Å². The van der Waals surface area contributed by atoms with E-state index in [4.69, 9.17) is 11.6 Å². The third kappa shape index (κ3) is 5.12. The minimum absolute atomic E-state index is 0.0633. The maximum Gasteiger partial charge on any atom is 0.252 e. The Balaban J connectivity index is 2.05. The third-order valence-electron chi connectivity index (χ3n) is 4.46. The summed E-state index contributed by atoms with van der Waals surface area (Å²) in [5.74, 6) is -0.394. The van der Waals surface area contributed by atoms with Crippen molar-refractivity contribution in [2.45, 2.75) is 45.6 Å². The highest BCUT2D eigenvalue weighted by Crippen LogP contribution is 2.23. The van der Waals surface area contributed by atoms with Crippen molar-refractivity contribution in [1.82, 2.24) is 19.4 Å². The molecule has 1 amide bonds. The molecule has 0 aliphatic rings. The smallest absolute Gasteiger partial charge is 0.252 e. The number of benzene rings is 1. The van der Waals surface area contributed by atoms with Crippen molar-refractivity contribution >= 4 is 27.5 Å². The summed E-state index contributed by atoms with van der Waals surface area (Å²) in [6.07, 6.45) is 0.697. The first-order valence-corrected chi connectivity index (χ1v) is 11.1. The second kappa shape index (κ2) is 9.54. The average Bonchev–Trinajstić information content (AvgIpc) is 2.96. The summed E-state index contributed by atoms with van der Waals surface area (Å²) in [6.45, 7) is 9.29. The van der Waals surface area contributed by atoms with Gasteiger partial charge >= 0.3 is 0 Å². The molecule has 28 heavy (non-hydrogen) atoms. The van der Waals surface area contributed by atoms with Crippen molar-refractivity contribution in [2.75, 3.05) is 19.6 Å². The molecule has 1 aromatic heterocycles. The lowest BCUT2D eigenvalue weighted by Gasteiger charge is -2.19. The topological polar surface area (TPSA) is 84.3 Å². The second-order valence-electron chi connectivity index (χ2n) is 6.49. The zero-order valence-corrected chi connectivity index (χ0v) is 18.3. The van der Waals surface area contributed by atoms with Gasteiger partial charge in [-0.3, -0.25) is 9.48 Å². The van der Waals surface area contributed by atoms with E-state index in [1.807, 2.05) is 24.6 Å². The van der Waals surface area contributed by atoms with Gasteiger partial charge in [-0.25, -0.2) is 8.42 Å². The Hall–Kier alpha value is -1.90. The summed E-state index contributed by atoms with van der Waals surface area (Å²) < 4.78 is 28.6. The monoisotopic (exact) mass is 426 g/mol. The molecule has 0 radical (unpaired) electrons. The molecule has 9 heteroatoms. The summed E-state index contributed by atoms with van der Waals surface area (Å²) in [6, 6.07) is 6.21. The molecule has 2 aromatic rings. The van der Waals surface area contributed by atoms with Crippen LogP contribution in [0.1, 0.15) is 42.0 Å². The first-order valence-electron chi connectivity index (χ1n) is 9.29. The van der Waals surface area contributed by atoms with Crippen LogP contribution in [0.3, 0.4) is 0 Å². The lowest BCUT2D eigenvalue weighted by atomic mass is 10.2. The van der Waals surface area contributed by atoms with Gasteiger partial charge in [0.2, 0.25) is 10.0 Å². The van der Waals surface area contributed by atoms with Crippen LogP contribution in [0.4, 0.5) is 0 Å². The normalized spacial score (nSPS) is 11.8. The molecule has 7 nitrogen and oxygen atoms in total. The van der Waals surface area contributed by atoms with Gasteiger partial charge in [-0.05, 0) is 44.5 Å². The molecule has 0 saturated carbocycles. The number of hydrogen-bond donors (Lipinski definition) is 1. The van der Waals surface area contributed by atoms with E-state index < -0.39 is 15.9 Å². The van der Waals surface area contributed by atoms with Gasteiger partial charge in [-0.15, -0.1) is 0 Å². The third-order valence-corrected chi connectivity index (χ3v) is 6.84. The van der Waals surface area contributed by atoms with E-state index in [1.165, 1.54) is 22.5 Å². The zero-order chi connectivity index (χ0) is 20.9. The van der Waals surface area contributed by atoms with Crippen LogP contribution in [-0.2, 0) is 16.6 Å². The highest BCUT2D eigenvalue weighted by Gasteiger charge is 2.23. The molecule has 1 aromatic carbocycles. The fraction of sp³-hybridized carbons (Fsp3) is 0.474. The van der Waals surface area contributed by atoms with Crippen LogP contribution >= 0.6 is 11.6 Å². The molecule has 0 atom stereocenters. The predicted octanol–water partition coefficient (Wildman–Crippen LogP) is 3.00. The highest BCUT2D eigenvalue weighted by molar-refractivity contribution is 7.89. The van der Waals surface area contributed by atoms with E-state index in [0.717, 1.165) is 11.4 Å². The summed E-state index contributed by atoms with van der Waals surface area (Å²) >= 11 is 6.14. The number of amides is 1. The van der Waals surface area contributed by atoms with E-state index in [2.05, 4.69) is 10.4 Å². The van der Waals surface area contributed by atoms with Gasteiger partial charge in [0.15, 0.2) is 0 Å². The Bertz CT molecular complexity index is 937. The van der Waals surface area contributed by atoms with Crippen molar-refractivity contribution in [3.8, 4) is 0 Å². The molecule has 0 bridgehead atoms. The standard InChI is InChI=1S/C19H27ClN4O3S/c1-5-23(6-2)28(26,27)16-8-9-18(20)17(13-16)19(25)21-10-7-11-24-15(4)12-14(3)22-24/h8-9,12-13H,5-7,10-11H2,1-4H3,(H,21,25). The maximum atomic E-state index is 12.7. The van der Waals surface area contributed by atoms with Crippen molar-refractivity contribution in [2.24, 2.45) is 0 Å². The number of nitrogens with one attached hydrogen (secondary N) is 1. The number of aromatic nitrogens is 2. The molecular weight excluding hydrogens is 400 g/mol. The largest absolute Gasteiger partial charge is 0.352 e. The number of halogens is 1. The van der Waals surface area contributed by atoms with Crippen LogP contribution in [0.5, 0.6) is 0 Å². The summed E-state index contributed by atoms with van der Waals surface area (Å²) in [5, 5.41) is 7.40. The van der Waals surface area contributed by atoms with Gasteiger partial charge in [-0.2, -0.15) is 9.40 Å². The predicted molar refractivity (Wildman–Crippen MR) is 110 cm³/mol. The molecular formula is C19H27ClN4O3S. The zero-order valence-electron chi connectivity index (χ0n) is 16.7. The first kappa shape index (κ1) is 22.4. The number of nitrogens with zero attached hydrogens (tertiary/aromatic N) is 3. The van der Waals surface area contributed by atoms with E-state index >= 15 is 0 Å². The molecule has 0 aliphatic heterocycles. The Morgan fingerprint density at radius 1 is 1.21 bits per heavy atom. The van der Waals surface area contributed by atoms with Gasteiger partial charge in [0.25, 0.3) is 5.91 Å². The molecule has 0 aliphatic carbocycles. The Morgan fingerprint density at radius 2 is 1.89 bits per heavy atom. The lowest BCUT2D eigenvalue weighted by molar-refractivity contribution is 0.0952. The number of rotatable bonds is 9. The van der Waals surface area contributed by atoms with Gasteiger partial charge in [0.05, 0.1) is 21.2 Å². The Labute approximate surface area is 171 Å². The number of carbonyl (C=O) groups is 1. The van der Waals surface area contributed by atoms with Crippen molar-refractivity contribution in [1.29, 1.82) is 0 Å². The molecule has 2 rings (SSSR count). The van der Waals surface area contributed by atoms with Crippen LogP contribution in [0.15, 0.2) is 29.2 Å². The van der Waals surface area contributed by atoms with E-state index in [9.17, 15) is 13.2 Å². The van der Waals surface area contributed by atoms with Gasteiger partial charge in [0.1, 0.15) is 0 Å².